The molecule has 0 atom stereocenters. The third kappa shape index (κ3) is 3.20. The molecule has 0 saturated carbocycles. The summed E-state index contributed by atoms with van der Waals surface area (Å²) in [7, 11) is 0. The number of thioether (sulfide) groups is 1. The average molecular weight is 337 g/mol. The first-order valence-electron chi connectivity index (χ1n) is 7.45. The fraction of sp³-hybridized carbons (Fsp3) is 0.533. The Kier molecular flexibility index (Phi) is 4.54. The Morgan fingerprint density at radius 3 is 3.05 bits per heavy atom. The summed E-state index contributed by atoms with van der Waals surface area (Å²) in [4.78, 5) is 33.5. The number of aryl methyl sites for hydroxylation is 2. The molecule has 2 aromatic heterocycles. The predicted molar refractivity (Wildman–Crippen MR) is 91.7 cm³/mol. The van der Waals surface area contributed by atoms with Gasteiger partial charge in [-0.05, 0) is 38.7 Å². The van der Waals surface area contributed by atoms with Crippen molar-refractivity contribution in [3.8, 4) is 0 Å². The number of aromatic nitrogens is 2. The molecule has 0 bridgehead atoms. The number of nitrogens with one attached hydrogen (secondary N) is 2. The van der Waals surface area contributed by atoms with Crippen LogP contribution in [0.25, 0.3) is 10.2 Å². The first-order valence-corrected chi connectivity index (χ1v) is 9.42. The lowest BCUT2D eigenvalue weighted by Crippen LogP contribution is -2.31. The predicted octanol–water partition coefficient (Wildman–Crippen LogP) is 2.23. The second-order valence-corrected chi connectivity index (χ2v) is 7.83. The summed E-state index contributed by atoms with van der Waals surface area (Å²) in [6.07, 6.45) is 3.19. The first-order chi connectivity index (χ1) is 10.5. The molecule has 1 aliphatic rings. The molecule has 2 heterocycles. The van der Waals surface area contributed by atoms with Gasteiger partial charge < -0.3 is 10.3 Å². The minimum absolute atomic E-state index is 0.0125. The largest absolute Gasteiger partial charge is 0.353 e. The Hall–Kier alpha value is -1.34. The zero-order valence-corrected chi connectivity index (χ0v) is 14.3. The monoisotopic (exact) mass is 337 g/mol. The number of hydrogen-bond acceptors (Lipinski definition) is 5. The molecule has 1 aliphatic carbocycles. The SMILES string of the molecule is CC(C)NC(=O)CSCc1nc2sc3c(c2c(=O)[nH]1)CCC3. The van der Waals surface area contributed by atoms with Crippen LogP contribution in [0.1, 0.15) is 36.5 Å². The number of thiophene rings is 1. The van der Waals surface area contributed by atoms with Gasteiger partial charge in [-0.2, -0.15) is 0 Å². The van der Waals surface area contributed by atoms with Gasteiger partial charge in [0, 0.05) is 10.9 Å². The van der Waals surface area contributed by atoms with Crippen LogP contribution in [0.4, 0.5) is 0 Å². The van der Waals surface area contributed by atoms with Crippen LogP contribution in [0, 0.1) is 0 Å². The molecule has 0 aliphatic heterocycles. The zero-order valence-electron chi connectivity index (χ0n) is 12.7. The molecular weight excluding hydrogens is 318 g/mol. The molecule has 0 aromatic carbocycles. The summed E-state index contributed by atoms with van der Waals surface area (Å²) >= 11 is 3.11. The zero-order chi connectivity index (χ0) is 15.7. The number of aromatic amines is 1. The fourth-order valence-corrected chi connectivity index (χ4v) is 4.70. The third-order valence-electron chi connectivity index (χ3n) is 3.55. The molecular formula is C15H19N3O2S2. The number of amides is 1. The van der Waals surface area contributed by atoms with Crippen LogP contribution < -0.4 is 10.9 Å². The van der Waals surface area contributed by atoms with Crippen molar-refractivity contribution in [2.24, 2.45) is 0 Å². The standard InChI is InChI=1S/C15H19N3O2S2/c1-8(2)16-12(19)7-21-6-11-17-14(20)13-9-4-3-5-10(9)22-15(13)18-11/h8H,3-7H2,1-2H3,(H,16,19)(H,17,18,20). The maximum atomic E-state index is 12.3. The third-order valence-corrected chi connectivity index (χ3v) is 5.68. The van der Waals surface area contributed by atoms with E-state index in [4.69, 9.17) is 0 Å². The summed E-state index contributed by atoms with van der Waals surface area (Å²) in [5.41, 5.74) is 1.16. The quantitative estimate of drug-likeness (QED) is 0.877. The Labute approximate surface area is 136 Å². The van der Waals surface area contributed by atoms with E-state index >= 15 is 0 Å². The molecule has 118 valence electrons. The van der Waals surface area contributed by atoms with E-state index in [2.05, 4.69) is 15.3 Å². The Bertz CT molecular complexity index is 764. The van der Waals surface area contributed by atoms with Gasteiger partial charge in [0.15, 0.2) is 0 Å². The second kappa shape index (κ2) is 6.42. The van der Waals surface area contributed by atoms with Crippen molar-refractivity contribution < 1.29 is 4.79 Å². The minimum Gasteiger partial charge on any atom is -0.353 e. The Morgan fingerprint density at radius 1 is 1.45 bits per heavy atom. The lowest BCUT2D eigenvalue weighted by atomic mass is 10.2. The van der Waals surface area contributed by atoms with Gasteiger partial charge in [-0.1, -0.05) is 0 Å². The van der Waals surface area contributed by atoms with Crippen molar-refractivity contribution in [2.75, 3.05) is 5.75 Å². The molecule has 0 spiro atoms. The summed E-state index contributed by atoms with van der Waals surface area (Å²) < 4.78 is 0. The number of carbonyl (C=O) groups is 1. The fourth-order valence-electron chi connectivity index (χ4n) is 2.72. The minimum atomic E-state index is -0.0355. The Morgan fingerprint density at radius 2 is 2.27 bits per heavy atom. The van der Waals surface area contributed by atoms with Gasteiger partial charge in [-0.15, -0.1) is 23.1 Å². The van der Waals surface area contributed by atoms with Crippen LogP contribution in [0.2, 0.25) is 0 Å². The normalized spacial score (nSPS) is 13.8. The molecule has 7 heteroatoms. The number of H-pyrrole nitrogens is 1. The van der Waals surface area contributed by atoms with Gasteiger partial charge in [0.05, 0.1) is 16.9 Å². The molecule has 2 aromatic rings. The smallest absolute Gasteiger partial charge is 0.259 e. The number of carbonyl (C=O) groups excluding carboxylic acids is 1. The molecule has 0 saturated heterocycles. The van der Waals surface area contributed by atoms with E-state index in [-0.39, 0.29) is 17.5 Å². The van der Waals surface area contributed by atoms with Crippen LogP contribution in [0.15, 0.2) is 4.79 Å². The van der Waals surface area contributed by atoms with Crippen molar-refractivity contribution in [2.45, 2.75) is 44.9 Å². The lowest BCUT2D eigenvalue weighted by molar-refractivity contribution is -0.119. The lowest BCUT2D eigenvalue weighted by Gasteiger charge is -2.07. The molecule has 0 unspecified atom stereocenters. The van der Waals surface area contributed by atoms with Crippen LogP contribution in [-0.2, 0) is 23.4 Å². The maximum Gasteiger partial charge on any atom is 0.259 e. The van der Waals surface area contributed by atoms with Crippen LogP contribution in [0.3, 0.4) is 0 Å². The number of fused-ring (bicyclic) bond motifs is 3. The topological polar surface area (TPSA) is 74.8 Å². The highest BCUT2D eigenvalue weighted by Crippen LogP contribution is 2.34. The summed E-state index contributed by atoms with van der Waals surface area (Å²) in [6, 6.07) is 0.149. The van der Waals surface area contributed by atoms with Crippen molar-refractivity contribution >= 4 is 39.2 Å². The maximum absolute atomic E-state index is 12.3. The van der Waals surface area contributed by atoms with Gasteiger partial charge in [0.1, 0.15) is 10.7 Å². The van der Waals surface area contributed by atoms with E-state index < -0.39 is 0 Å². The van der Waals surface area contributed by atoms with E-state index in [0.717, 1.165) is 29.5 Å². The first kappa shape index (κ1) is 15.6. The van der Waals surface area contributed by atoms with E-state index in [1.807, 2.05) is 13.8 Å². The molecule has 22 heavy (non-hydrogen) atoms. The van der Waals surface area contributed by atoms with Crippen LogP contribution >= 0.6 is 23.1 Å². The van der Waals surface area contributed by atoms with Crippen molar-refractivity contribution in [1.29, 1.82) is 0 Å². The molecule has 2 N–H and O–H groups in total. The number of rotatable bonds is 5. The highest BCUT2D eigenvalue weighted by Gasteiger charge is 2.21. The summed E-state index contributed by atoms with van der Waals surface area (Å²) in [5.74, 6) is 1.58. The van der Waals surface area contributed by atoms with Crippen molar-refractivity contribution in [3.63, 3.8) is 0 Å². The average Bonchev–Trinajstić information content (AvgIpc) is 2.97. The van der Waals surface area contributed by atoms with Crippen LogP contribution in [0.5, 0.6) is 0 Å². The van der Waals surface area contributed by atoms with Gasteiger partial charge in [0.2, 0.25) is 5.91 Å². The summed E-state index contributed by atoms with van der Waals surface area (Å²) in [5, 5.41) is 3.63. The van der Waals surface area contributed by atoms with E-state index in [1.54, 1.807) is 11.3 Å². The van der Waals surface area contributed by atoms with E-state index in [0.29, 0.717) is 17.3 Å². The van der Waals surface area contributed by atoms with Crippen molar-refractivity contribution in [1.82, 2.24) is 15.3 Å². The van der Waals surface area contributed by atoms with E-state index in [1.165, 1.54) is 22.2 Å². The van der Waals surface area contributed by atoms with E-state index in [9.17, 15) is 9.59 Å². The molecule has 0 fully saturated rings. The summed E-state index contributed by atoms with van der Waals surface area (Å²) in [6.45, 7) is 3.87. The molecule has 1 amide bonds. The Balaban J connectivity index is 1.70. The molecule has 0 radical (unpaired) electrons. The highest BCUT2D eigenvalue weighted by atomic mass is 32.2. The molecule has 3 rings (SSSR count). The van der Waals surface area contributed by atoms with Gasteiger partial charge in [-0.3, -0.25) is 9.59 Å². The molecule has 5 nitrogen and oxygen atoms in total. The van der Waals surface area contributed by atoms with Gasteiger partial charge >= 0.3 is 0 Å². The van der Waals surface area contributed by atoms with Gasteiger partial charge in [0.25, 0.3) is 5.56 Å². The number of hydrogen-bond donors (Lipinski definition) is 2. The second-order valence-electron chi connectivity index (χ2n) is 5.77. The van der Waals surface area contributed by atoms with Crippen molar-refractivity contribution in [3.05, 3.63) is 26.6 Å². The highest BCUT2D eigenvalue weighted by molar-refractivity contribution is 7.99. The number of nitrogens with zero attached hydrogens (tertiary/aromatic N) is 1. The van der Waals surface area contributed by atoms with Crippen LogP contribution in [-0.4, -0.2) is 27.7 Å². The van der Waals surface area contributed by atoms with Gasteiger partial charge in [-0.25, -0.2) is 4.98 Å².